The zero-order valence-corrected chi connectivity index (χ0v) is 9.78. The first kappa shape index (κ1) is 10.9. The van der Waals surface area contributed by atoms with Gasteiger partial charge < -0.3 is 9.47 Å². The lowest BCUT2D eigenvalue weighted by molar-refractivity contribution is -0.123. The van der Waals surface area contributed by atoms with E-state index in [1.165, 1.54) is 17.5 Å². The maximum absolute atomic E-state index is 11.9. The normalized spacial score (nSPS) is 18.8. The van der Waals surface area contributed by atoms with Gasteiger partial charge in [-0.25, -0.2) is 0 Å². The highest BCUT2D eigenvalue weighted by Crippen LogP contribution is 2.23. The molecule has 1 heterocycles. The van der Waals surface area contributed by atoms with Gasteiger partial charge in [0.2, 0.25) is 0 Å². The molecule has 0 spiro atoms. The predicted molar refractivity (Wildman–Crippen MR) is 63.4 cm³/mol. The molecule has 0 bridgehead atoms. The summed E-state index contributed by atoms with van der Waals surface area (Å²) in [7, 11) is 0. The van der Waals surface area contributed by atoms with Gasteiger partial charge in [-0.2, -0.15) is 0 Å². The van der Waals surface area contributed by atoms with Crippen molar-refractivity contribution in [3.63, 3.8) is 0 Å². The van der Waals surface area contributed by atoms with Crippen LogP contribution in [0.4, 0.5) is 0 Å². The van der Waals surface area contributed by atoms with E-state index >= 15 is 0 Å². The summed E-state index contributed by atoms with van der Waals surface area (Å²) < 4.78 is 10.4. The van der Waals surface area contributed by atoms with Gasteiger partial charge in [-0.15, -0.1) is 0 Å². The van der Waals surface area contributed by atoms with Gasteiger partial charge in [0.15, 0.2) is 5.78 Å². The Morgan fingerprint density at radius 3 is 2.88 bits per heavy atom. The first-order valence-electron chi connectivity index (χ1n) is 6.17. The number of ether oxygens (including phenoxy) is 2. The minimum absolute atomic E-state index is 0.0756. The third-order valence-electron chi connectivity index (χ3n) is 3.48. The molecule has 0 saturated carbocycles. The first-order valence-corrected chi connectivity index (χ1v) is 6.17. The van der Waals surface area contributed by atoms with Crippen LogP contribution in [0.1, 0.15) is 27.9 Å². The number of fused-ring (bicyclic) bond motifs is 1. The Hall–Kier alpha value is -1.19. The molecule has 3 rings (SSSR count). The van der Waals surface area contributed by atoms with Gasteiger partial charge >= 0.3 is 0 Å². The molecule has 1 fully saturated rings. The molecule has 90 valence electrons. The Bertz CT molecular complexity index is 435. The van der Waals surface area contributed by atoms with E-state index in [1.807, 2.05) is 12.1 Å². The number of carbonyl (C=O) groups is 1. The summed E-state index contributed by atoms with van der Waals surface area (Å²) in [4.78, 5) is 11.9. The van der Waals surface area contributed by atoms with Gasteiger partial charge in [-0.05, 0) is 36.5 Å². The van der Waals surface area contributed by atoms with Crippen LogP contribution in [-0.2, 0) is 22.3 Å². The summed E-state index contributed by atoms with van der Waals surface area (Å²) in [5.41, 5.74) is 3.52. The Kier molecular flexibility index (Phi) is 2.95. The number of benzene rings is 1. The lowest BCUT2D eigenvalue weighted by atomic mass is 10.0. The fourth-order valence-electron chi connectivity index (χ4n) is 2.33. The monoisotopic (exact) mass is 232 g/mol. The summed E-state index contributed by atoms with van der Waals surface area (Å²) in [6, 6.07) is 6.04. The van der Waals surface area contributed by atoms with Gasteiger partial charge in [0, 0.05) is 5.56 Å². The van der Waals surface area contributed by atoms with E-state index < -0.39 is 0 Å². The Morgan fingerprint density at radius 1 is 1.29 bits per heavy atom. The van der Waals surface area contributed by atoms with Gasteiger partial charge in [0.25, 0.3) is 0 Å². The third kappa shape index (κ3) is 2.26. The van der Waals surface area contributed by atoms with Crippen molar-refractivity contribution >= 4 is 5.78 Å². The minimum Gasteiger partial charge on any atom is -0.376 e. The fraction of sp³-hybridized carbons (Fsp3) is 0.500. The van der Waals surface area contributed by atoms with Crippen LogP contribution < -0.4 is 0 Å². The summed E-state index contributed by atoms with van der Waals surface area (Å²) in [6.07, 6.45) is 3.59. The Morgan fingerprint density at radius 2 is 2.12 bits per heavy atom. The molecule has 1 aromatic rings. The molecule has 0 atom stereocenters. The second-order valence-corrected chi connectivity index (χ2v) is 4.73. The molecule has 0 N–H and O–H groups in total. The highest BCUT2D eigenvalue weighted by Gasteiger charge is 2.21. The molecular weight excluding hydrogens is 216 g/mol. The molecule has 1 aromatic carbocycles. The summed E-state index contributed by atoms with van der Waals surface area (Å²) in [5.74, 6) is 0.0756. The number of hydrogen-bond acceptors (Lipinski definition) is 3. The van der Waals surface area contributed by atoms with Crippen molar-refractivity contribution in [1.82, 2.24) is 0 Å². The van der Waals surface area contributed by atoms with Crippen LogP contribution in [0.25, 0.3) is 0 Å². The second kappa shape index (κ2) is 4.59. The van der Waals surface area contributed by atoms with Crippen molar-refractivity contribution in [2.75, 3.05) is 19.8 Å². The Labute approximate surface area is 101 Å². The van der Waals surface area contributed by atoms with Crippen LogP contribution in [0.15, 0.2) is 18.2 Å². The largest absolute Gasteiger partial charge is 0.376 e. The number of hydrogen-bond donors (Lipinski definition) is 0. The quantitative estimate of drug-likeness (QED) is 0.742. The lowest BCUT2D eigenvalue weighted by Gasteiger charge is -2.25. The van der Waals surface area contributed by atoms with Crippen LogP contribution >= 0.6 is 0 Å². The number of carbonyl (C=O) groups excluding carboxylic acids is 1. The van der Waals surface area contributed by atoms with E-state index in [0.29, 0.717) is 13.2 Å². The van der Waals surface area contributed by atoms with E-state index in [0.717, 1.165) is 18.4 Å². The molecule has 0 radical (unpaired) electrons. The third-order valence-corrected chi connectivity index (χ3v) is 3.48. The van der Waals surface area contributed by atoms with E-state index in [2.05, 4.69) is 6.07 Å². The zero-order valence-electron chi connectivity index (χ0n) is 9.78. The molecule has 0 aromatic heterocycles. The number of ketones is 1. The lowest BCUT2D eigenvalue weighted by Crippen LogP contribution is -2.37. The average molecular weight is 232 g/mol. The maximum atomic E-state index is 11.9. The highest BCUT2D eigenvalue weighted by molar-refractivity contribution is 5.97. The van der Waals surface area contributed by atoms with E-state index in [1.54, 1.807) is 0 Å². The number of Topliss-reactive ketones (excluding diaryl/α,β-unsaturated/α-hetero) is 1. The van der Waals surface area contributed by atoms with Crippen LogP contribution in [0.3, 0.4) is 0 Å². The molecule has 1 aliphatic carbocycles. The zero-order chi connectivity index (χ0) is 11.7. The van der Waals surface area contributed by atoms with Crippen LogP contribution in [-0.4, -0.2) is 31.7 Å². The Balaban J connectivity index is 1.64. The van der Waals surface area contributed by atoms with Crippen LogP contribution in [0, 0.1) is 0 Å². The fourth-order valence-corrected chi connectivity index (χ4v) is 2.33. The second-order valence-electron chi connectivity index (χ2n) is 4.73. The summed E-state index contributed by atoms with van der Waals surface area (Å²) in [5, 5.41) is 0. The standard InChI is InChI=1S/C14H16O3/c15-14(9-17-13-7-16-8-13)12-5-4-10-2-1-3-11(10)6-12/h4-6,13H,1-3,7-9H2. The molecule has 3 nitrogen and oxygen atoms in total. The predicted octanol–water partition coefficient (Wildman–Crippen LogP) is 1.77. The number of aryl methyl sites for hydroxylation is 2. The average Bonchev–Trinajstić information content (AvgIpc) is 2.73. The number of rotatable bonds is 4. The van der Waals surface area contributed by atoms with Gasteiger partial charge in [-0.3, -0.25) is 4.79 Å². The SMILES string of the molecule is O=C(COC1COC1)c1ccc2c(c1)CCC2. The molecule has 2 aliphatic rings. The van der Waals surface area contributed by atoms with Crippen molar-refractivity contribution < 1.29 is 14.3 Å². The maximum Gasteiger partial charge on any atom is 0.188 e. The van der Waals surface area contributed by atoms with Crippen molar-refractivity contribution in [2.24, 2.45) is 0 Å². The molecule has 1 aliphatic heterocycles. The summed E-state index contributed by atoms with van der Waals surface area (Å²) in [6.45, 7) is 1.42. The summed E-state index contributed by atoms with van der Waals surface area (Å²) >= 11 is 0. The topological polar surface area (TPSA) is 35.5 Å². The van der Waals surface area contributed by atoms with Crippen molar-refractivity contribution in [1.29, 1.82) is 0 Å². The first-order chi connectivity index (χ1) is 8.33. The van der Waals surface area contributed by atoms with E-state index in [4.69, 9.17) is 9.47 Å². The van der Waals surface area contributed by atoms with Crippen molar-refractivity contribution in [3.05, 3.63) is 34.9 Å². The van der Waals surface area contributed by atoms with Crippen LogP contribution in [0.5, 0.6) is 0 Å². The molecule has 0 unspecified atom stereocenters. The van der Waals surface area contributed by atoms with E-state index in [9.17, 15) is 4.79 Å². The van der Waals surface area contributed by atoms with Gasteiger partial charge in [-0.1, -0.05) is 12.1 Å². The van der Waals surface area contributed by atoms with Gasteiger partial charge in [0.1, 0.15) is 12.7 Å². The van der Waals surface area contributed by atoms with E-state index in [-0.39, 0.29) is 18.5 Å². The van der Waals surface area contributed by atoms with Crippen LogP contribution in [0.2, 0.25) is 0 Å². The van der Waals surface area contributed by atoms with Crippen molar-refractivity contribution in [3.8, 4) is 0 Å². The van der Waals surface area contributed by atoms with Gasteiger partial charge in [0.05, 0.1) is 13.2 Å². The minimum atomic E-state index is 0.0756. The molecule has 3 heteroatoms. The highest BCUT2D eigenvalue weighted by atomic mass is 16.6. The smallest absolute Gasteiger partial charge is 0.188 e. The molecule has 17 heavy (non-hydrogen) atoms. The molecular formula is C14H16O3. The molecule has 0 amide bonds. The van der Waals surface area contributed by atoms with Crippen molar-refractivity contribution in [2.45, 2.75) is 25.4 Å². The molecule has 1 saturated heterocycles.